The lowest BCUT2D eigenvalue weighted by atomic mass is 10.0. The van der Waals surface area contributed by atoms with Gasteiger partial charge >= 0.3 is 0 Å². The van der Waals surface area contributed by atoms with Crippen molar-refractivity contribution in [3.05, 3.63) is 120 Å². The summed E-state index contributed by atoms with van der Waals surface area (Å²) in [6.45, 7) is 5.90. The van der Waals surface area contributed by atoms with E-state index >= 15 is 0 Å². The molecule has 0 aliphatic carbocycles. The molecule has 0 spiro atoms. The van der Waals surface area contributed by atoms with E-state index < -0.39 is 0 Å². The van der Waals surface area contributed by atoms with E-state index in [4.69, 9.17) is 9.72 Å². The molecule has 1 N–H and O–H groups in total. The summed E-state index contributed by atoms with van der Waals surface area (Å²) in [4.78, 5) is 17.6. The second-order valence-corrected chi connectivity index (χ2v) is 9.61. The van der Waals surface area contributed by atoms with Crippen molar-refractivity contribution in [2.75, 3.05) is 6.61 Å². The van der Waals surface area contributed by atoms with E-state index in [1.165, 1.54) is 5.56 Å². The summed E-state index contributed by atoms with van der Waals surface area (Å²) < 4.78 is 8.31. The molecule has 5 heteroatoms. The highest BCUT2D eigenvalue weighted by Gasteiger charge is 2.12. The van der Waals surface area contributed by atoms with Gasteiger partial charge in [0.2, 0.25) is 5.91 Å². The van der Waals surface area contributed by atoms with Gasteiger partial charge in [0.15, 0.2) is 0 Å². The van der Waals surface area contributed by atoms with Crippen LogP contribution in [0.25, 0.3) is 22.2 Å². The molecular formula is C33H33N3O2. The summed E-state index contributed by atoms with van der Waals surface area (Å²) in [6.07, 6.45) is 1.17. The highest BCUT2D eigenvalue weighted by atomic mass is 16.5. The van der Waals surface area contributed by atoms with E-state index in [-0.39, 0.29) is 5.91 Å². The summed E-state index contributed by atoms with van der Waals surface area (Å²) >= 11 is 0. The predicted octanol–water partition coefficient (Wildman–Crippen LogP) is 6.65. The average molecular weight is 504 g/mol. The quantitative estimate of drug-likeness (QED) is 0.217. The number of amides is 1. The molecule has 0 saturated carbocycles. The third-order valence-electron chi connectivity index (χ3n) is 6.78. The van der Waals surface area contributed by atoms with Crippen molar-refractivity contribution < 1.29 is 9.53 Å². The zero-order valence-electron chi connectivity index (χ0n) is 22.0. The van der Waals surface area contributed by atoms with Crippen molar-refractivity contribution in [1.29, 1.82) is 0 Å². The first-order chi connectivity index (χ1) is 18.6. The van der Waals surface area contributed by atoms with Crippen LogP contribution in [-0.4, -0.2) is 22.1 Å². The Bertz CT molecular complexity index is 1500. The van der Waals surface area contributed by atoms with Crippen LogP contribution in [0.4, 0.5) is 0 Å². The molecule has 1 amide bonds. The lowest BCUT2D eigenvalue weighted by Crippen LogP contribution is -2.26. The maximum atomic E-state index is 12.8. The standard InChI is InChI=1S/C33H33N3O2/c1-24-10-8-11-25(2)33(24)38-21-9-20-36-30-15-7-6-14-29(30)35-31(36)23-34-32(37)22-26-16-18-28(19-17-26)27-12-4-3-5-13-27/h3-8,10-19H,9,20-23H2,1-2H3,(H,34,37). The molecule has 4 aromatic carbocycles. The first-order valence-electron chi connectivity index (χ1n) is 13.1. The van der Waals surface area contributed by atoms with Gasteiger partial charge < -0.3 is 14.6 Å². The molecule has 192 valence electrons. The average Bonchev–Trinajstić information content (AvgIpc) is 3.29. The smallest absolute Gasteiger partial charge is 0.224 e. The summed E-state index contributed by atoms with van der Waals surface area (Å²) in [7, 11) is 0. The largest absolute Gasteiger partial charge is 0.493 e. The number of hydrogen-bond donors (Lipinski definition) is 1. The lowest BCUT2D eigenvalue weighted by Gasteiger charge is -2.13. The maximum absolute atomic E-state index is 12.8. The van der Waals surface area contributed by atoms with Crippen LogP contribution >= 0.6 is 0 Å². The number of rotatable bonds is 10. The SMILES string of the molecule is Cc1cccc(C)c1OCCCn1c(CNC(=O)Cc2ccc(-c3ccccc3)cc2)nc2ccccc21. The number of hydrogen-bond acceptors (Lipinski definition) is 3. The van der Waals surface area contributed by atoms with Crippen LogP contribution in [-0.2, 0) is 24.3 Å². The maximum Gasteiger partial charge on any atom is 0.224 e. The highest BCUT2D eigenvalue weighted by Crippen LogP contribution is 2.23. The van der Waals surface area contributed by atoms with E-state index in [0.29, 0.717) is 19.6 Å². The fourth-order valence-corrected chi connectivity index (χ4v) is 4.80. The Morgan fingerprint density at radius 3 is 2.26 bits per heavy atom. The summed E-state index contributed by atoms with van der Waals surface area (Å²) in [5, 5.41) is 3.07. The van der Waals surface area contributed by atoms with Crippen LogP contribution < -0.4 is 10.1 Å². The van der Waals surface area contributed by atoms with Crippen molar-refractivity contribution in [2.45, 2.75) is 39.8 Å². The van der Waals surface area contributed by atoms with Crippen LogP contribution in [0.1, 0.15) is 28.9 Å². The fourth-order valence-electron chi connectivity index (χ4n) is 4.80. The van der Waals surface area contributed by atoms with Gasteiger partial charge in [-0.25, -0.2) is 4.98 Å². The van der Waals surface area contributed by atoms with Crippen molar-refractivity contribution in [2.24, 2.45) is 0 Å². The van der Waals surface area contributed by atoms with Gasteiger partial charge in [0.05, 0.1) is 30.6 Å². The fraction of sp³-hybridized carbons (Fsp3) is 0.212. The second-order valence-electron chi connectivity index (χ2n) is 9.61. The van der Waals surface area contributed by atoms with Crippen LogP contribution in [0.3, 0.4) is 0 Å². The third-order valence-corrected chi connectivity index (χ3v) is 6.78. The molecule has 1 heterocycles. The number of fused-ring (bicyclic) bond motifs is 1. The van der Waals surface area contributed by atoms with Crippen molar-refractivity contribution in [1.82, 2.24) is 14.9 Å². The Morgan fingerprint density at radius 1 is 0.816 bits per heavy atom. The molecule has 5 aromatic rings. The molecule has 5 nitrogen and oxygen atoms in total. The predicted molar refractivity (Wildman–Crippen MR) is 153 cm³/mol. The molecule has 0 aliphatic heterocycles. The van der Waals surface area contributed by atoms with E-state index in [1.54, 1.807) is 0 Å². The zero-order valence-corrected chi connectivity index (χ0v) is 22.0. The topological polar surface area (TPSA) is 56.1 Å². The number of aromatic nitrogens is 2. The minimum Gasteiger partial charge on any atom is -0.493 e. The number of nitrogens with one attached hydrogen (secondary N) is 1. The monoisotopic (exact) mass is 503 g/mol. The molecule has 1 aromatic heterocycles. The number of imidazole rings is 1. The molecule has 0 atom stereocenters. The Hall–Kier alpha value is -4.38. The van der Waals surface area contributed by atoms with E-state index in [2.05, 4.69) is 72.3 Å². The Kier molecular flexibility index (Phi) is 7.84. The summed E-state index contributed by atoms with van der Waals surface area (Å²) in [5.74, 6) is 1.80. The molecule has 0 bridgehead atoms. The number of benzene rings is 4. The Morgan fingerprint density at radius 2 is 1.50 bits per heavy atom. The zero-order chi connectivity index (χ0) is 26.3. The van der Waals surface area contributed by atoms with Crippen LogP contribution in [0.2, 0.25) is 0 Å². The van der Waals surface area contributed by atoms with Crippen molar-refractivity contribution in [3.63, 3.8) is 0 Å². The van der Waals surface area contributed by atoms with Crippen LogP contribution in [0, 0.1) is 13.8 Å². The normalized spacial score (nSPS) is 11.0. The van der Waals surface area contributed by atoms with Gasteiger partial charge in [0, 0.05) is 6.54 Å². The molecule has 0 aliphatic rings. The molecule has 0 fully saturated rings. The molecule has 0 saturated heterocycles. The molecular weight excluding hydrogens is 470 g/mol. The summed E-state index contributed by atoms with van der Waals surface area (Å²) in [6, 6.07) is 32.7. The number of carbonyl (C=O) groups excluding carboxylic acids is 1. The molecule has 0 radical (unpaired) electrons. The van der Waals surface area contributed by atoms with Crippen molar-refractivity contribution in [3.8, 4) is 16.9 Å². The Balaban J connectivity index is 1.20. The number of ether oxygens (including phenoxy) is 1. The van der Waals surface area contributed by atoms with Gasteiger partial charge in [-0.2, -0.15) is 0 Å². The van der Waals surface area contributed by atoms with Gasteiger partial charge in [0.25, 0.3) is 0 Å². The van der Waals surface area contributed by atoms with Gasteiger partial charge in [-0.3, -0.25) is 4.79 Å². The van der Waals surface area contributed by atoms with Gasteiger partial charge in [-0.1, -0.05) is 84.9 Å². The lowest BCUT2D eigenvalue weighted by molar-refractivity contribution is -0.120. The summed E-state index contributed by atoms with van der Waals surface area (Å²) in [5.41, 5.74) is 7.60. The number of aryl methyl sites for hydroxylation is 3. The minimum atomic E-state index is -0.0190. The first-order valence-corrected chi connectivity index (χ1v) is 13.1. The highest BCUT2D eigenvalue weighted by molar-refractivity contribution is 5.79. The number of nitrogens with zero attached hydrogens (tertiary/aromatic N) is 2. The number of carbonyl (C=O) groups is 1. The van der Waals surface area contributed by atoms with Crippen molar-refractivity contribution >= 4 is 16.9 Å². The van der Waals surface area contributed by atoms with Crippen LogP contribution in [0.5, 0.6) is 5.75 Å². The molecule has 0 unspecified atom stereocenters. The van der Waals surface area contributed by atoms with Crippen LogP contribution in [0.15, 0.2) is 97.1 Å². The van der Waals surface area contributed by atoms with E-state index in [0.717, 1.165) is 57.8 Å². The van der Waals surface area contributed by atoms with E-state index in [9.17, 15) is 4.79 Å². The molecule has 5 rings (SSSR count). The second kappa shape index (κ2) is 11.8. The first kappa shape index (κ1) is 25.3. The molecule has 38 heavy (non-hydrogen) atoms. The van der Waals surface area contributed by atoms with Gasteiger partial charge in [-0.15, -0.1) is 0 Å². The van der Waals surface area contributed by atoms with Gasteiger partial charge in [0.1, 0.15) is 11.6 Å². The third kappa shape index (κ3) is 5.94. The minimum absolute atomic E-state index is 0.0190. The van der Waals surface area contributed by atoms with Gasteiger partial charge in [-0.05, 0) is 60.2 Å². The number of para-hydroxylation sites is 3. The van der Waals surface area contributed by atoms with E-state index in [1.807, 2.05) is 48.5 Å². The Labute approximate surface area is 224 Å².